The summed E-state index contributed by atoms with van der Waals surface area (Å²) in [5.41, 5.74) is 0.827. The Kier molecular flexibility index (Phi) is 2.91. The van der Waals surface area contributed by atoms with Crippen LogP contribution in [0.15, 0.2) is 24.3 Å². The molecule has 2 aliphatic rings. The van der Waals surface area contributed by atoms with Crippen LogP contribution >= 0.6 is 0 Å². The fourth-order valence-electron chi connectivity index (χ4n) is 2.48. The van der Waals surface area contributed by atoms with Crippen molar-refractivity contribution in [2.45, 2.75) is 6.42 Å². The number of ether oxygens (including phenoxy) is 1. The molecule has 0 aromatic heterocycles. The van der Waals surface area contributed by atoms with Crippen LogP contribution in [0.5, 0.6) is 0 Å². The Balaban J connectivity index is 1.82. The Morgan fingerprint density at radius 2 is 1.74 bits per heavy atom. The molecule has 19 heavy (non-hydrogen) atoms. The monoisotopic (exact) mass is 259 g/mol. The number of rotatable bonds is 2. The van der Waals surface area contributed by atoms with Crippen molar-refractivity contribution in [1.29, 1.82) is 0 Å². The second-order valence-electron chi connectivity index (χ2n) is 4.75. The van der Waals surface area contributed by atoms with Crippen molar-refractivity contribution in [1.82, 2.24) is 4.90 Å². The average Bonchev–Trinajstić information content (AvgIpc) is 2.67. The van der Waals surface area contributed by atoms with Crippen molar-refractivity contribution in [3.8, 4) is 0 Å². The Morgan fingerprint density at radius 1 is 1.11 bits per heavy atom. The first kappa shape index (κ1) is 12.0. The van der Waals surface area contributed by atoms with Crippen LogP contribution in [0.2, 0.25) is 0 Å². The first-order valence-electron chi connectivity index (χ1n) is 6.24. The normalized spacial score (nSPS) is 22.8. The Hall–Kier alpha value is -2.01. The molecule has 5 heteroatoms. The zero-order valence-electron chi connectivity index (χ0n) is 10.3. The van der Waals surface area contributed by atoms with Gasteiger partial charge in [-0.2, -0.15) is 0 Å². The number of imide groups is 1. The molecule has 1 aromatic carbocycles. The van der Waals surface area contributed by atoms with Gasteiger partial charge in [-0.15, -0.1) is 0 Å². The Labute approximate surface area is 110 Å². The standard InChI is InChI=1S/C14H13NO4/c16-12-5-6-19-8-9(12)7-15-13(17)10-3-1-2-4-11(10)14(15)18/h1-4,9H,5-8H2. The lowest BCUT2D eigenvalue weighted by Crippen LogP contribution is -2.41. The van der Waals surface area contributed by atoms with Crippen molar-refractivity contribution < 1.29 is 19.1 Å². The summed E-state index contributed by atoms with van der Waals surface area (Å²) in [6, 6.07) is 6.72. The van der Waals surface area contributed by atoms with Crippen molar-refractivity contribution in [2.24, 2.45) is 5.92 Å². The summed E-state index contributed by atoms with van der Waals surface area (Å²) in [7, 11) is 0. The van der Waals surface area contributed by atoms with Gasteiger partial charge in [0, 0.05) is 13.0 Å². The van der Waals surface area contributed by atoms with Gasteiger partial charge in [0.15, 0.2) is 0 Å². The maximum atomic E-state index is 12.1. The summed E-state index contributed by atoms with van der Waals surface area (Å²) in [5.74, 6) is -0.975. The second-order valence-corrected chi connectivity index (χ2v) is 4.75. The minimum Gasteiger partial charge on any atom is -0.380 e. The first-order valence-corrected chi connectivity index (χ1v) is 6.24. The van der Waals surface area contributed by atoms with Gasteiger partial charge in [-0.1, -0.05) is 12.1 Å². The molecule has 98 valence electrons. The van der Waals surface area contributed by atoms with Crippen molar-refractivity contribution in [3.63, 3.8) is 0 Å². The number of hydrogen-bond acceptors (Lipinski definition) is 4. The largest absolute Gasteiger partial charge is 0.380 e. The van der Waals surface area contributed by atoms with E-state index in [4.69, 9.17) is 4.74 Å². The summed E-state index contributed by atoms with van der Waals surface area (Å²) in [5, 5.41) is 0. The number of carbonyl (C=O) groups excluding carboxylic acids is 3. The predicted molar refractivity (Wildman–Crippen MR) is 65.7 cm³/mol. The molecule has 0 radical (unpaired) electrons. The summed E-state index contributed by atoms with van der Waals surface area (Å²) >= 11 is 0. The van der Waals surface area contributed by atoms with E-state index in [2.05, 4.69) is 0 Å². The molecule has 2 heterocycles. The maximum absolute atomic E-state index is 12.1. The van der Waals surface area contributed by atoms with Gasteiger partial charge in [0.25, 0.3) is 11.8 Å². The SMILES string of the molecule is O=C1CCOCC1CN1C(=O)c2ccccc2C1=O. The number of nitrogens with zero attached hydrogens (tertiary/aromatic N) is 1. The van der Waals surface area contributed by atoms with Crippen LogP contribution in [0.4, 0.5) is 0 Å². The van der Waals surface area contributed by atoms with E-state index in [9.17, 15) is 14.4 Å². The number of hydrogen-bond donors (Lipinski definition) is 0. The van der Waals surface area contributed by atoms with Crippen LogP contribution in [0, 0.1) is 5.92 Å². The molecule has 1 aromatic rings. The van der Waals surface area contributed by atoms with Crippen LogP contribution in [0.1, 0.15) is 27.1 Å². The fourth-order valence-corrected chi connectivity index (χ4v) is 2.48. The van der Waals surface area contributed by atoms with E-state index in [0.717, 1.165) is 4.90 Å². The number of Topliss-reactive ketones (excluding diaryl/α,β-unsaturated/α-hetero) is 1. The third-order valence-corrected chi connectivity index (χ3v) is 3.55. The van der Waals surface area contributed by atoms with E-state index >= 15 is 0 Å². The second kappa shape index (κ2) is 4.59. The predicted octanol–water partition coefficient (Wildman–Crippen LogP) is 0.888. The summed E-state index contributed by atoms with van der Waals surface area (Å²) in [6.07, 6.45) is 0.355. The lowest BCUT2D eigenvalue weighted by atomic mass is 10.00. The van der Waals surface area contributed by atoms with Gasteiger partial charge in [-0.25, -0.2) is 0 Å². The minimum absolute atomic E-state index is 0.0582. The molecule has 5 nitrogen and oxygen atoms in total. The molecule has 0 aliphatic carbocycles. The van der Waals surface area contributed by atoms with Gasteiger partial charge in [0.05, 0.1) is 30.3 Å². The molecule has 1 saturated heterocycles. The van der Waals surface area contributed by atoms with Gasteiger partial charge in [0.2, 0.25) is 0 Å². The molecule has 0 spiro atoms. The smallest absolute Gasteiger partial charge is 0.261 e. The van der Waals surface area contributed by atoms with E-state index in [1.54, 1.807) is 24.3 Å². The van der Waals surface area contributed by atoms with Crippen molar-refractivity contribution >= 4 is 17.6 Å². The van der Waals surface area contributed by atoms with E-state index < -0.39 is 5.92 Å². The molecule has 2 amide bonds. The first-order chi connectivity index (χ1) is 9.18. The van der Waals surface area contributed by atoms with Gasteiger partial charge in [-0.05, 0) is 12.1 Å². The maximum Gasteiger partial charge on any atom is 0.261 e. The number of fused-ring (bicyclic) bond motifs is 1. The zero-order valence-corrected chi connectivity index (χ0v) is 10.3. The molecule has 1 unspecified atom stereocenters. The molecular weight excluding hydrogens is 246 g/mol. The molecule has 1 fully saturated rings. The van der Waals surface area contributed by atoms with Gasteiger partial charge < -0.3 is 4.74 Å². The Morgan fingerprint density at radius 3 is 2.32 bits per heavy atom. The van der Waals surface area contributed by atoms with Crippen LogP contribution in [0.25, 0.3) is 0 Å². The lowest BCUT2D eigenvalue weighted by molar-refractivity contribution is -0.130. The van der Waals surface area contributed by atoms with Crippen molar-refractivity contribution in [3.05, 3.63) is 35.4 Å². The molecule has 0 N–H and O–H groups in total. The van der Waals surface area contributed by atoms with Crippen LogP contribution in [0.3, 0.4) is 0 Å². The third-order valence-electron chi connectivity index (χ3n) is 3.55. The van der Waals surface area contributed by atoms with Crippen molar-refractivity contribution in [2.75, 3.05) is 19.8 Å². The minimum atomic E-state index is -0.393. The number of amides is 2. The van der Waals surface area contributed by atoms with E-state index in [1.165, 1.54) is 0 Å². The zero-order chi connectivity index (χ0) is 13.4. The van der Waals surface area contributed by atoms with Gasteiger partial charge in [0.1, 0.15) is 5.78 Å². The summed E-state index contributed by atoms with van der Waals surface area (Å²) in [4.78, 5) is 37.2. The number of ketones is 1. The van der Waals surface area contributed by atoms with Crippen LogP contribution < -0.4 is 0 Å². The molecule has 0 saturated carbocycles. The highest BCUT2D eigenvalue weighted by Gasteiger charge is 2.38. The molecule has 3 rings (SSSR count). The summed E-state index contributed by atoms with van der Waals surface area (Å²) < 4.78 is 5.24. The molecule has 0 bridgehead atoms. The highest BCUT2D eigenvalue weighted by molar-refractivity contribution is 6.21. The average molecular weight is 259 g/mol. The third kappa shape index (κ3) is 1.96. The highest BCUT2D eigenvalue weighted by Crippen LogP contribution is 2.24. The molecule has 2 aliphatic heterocycles. The molecule has 1 atom stereocenters. The lowest BCUT2D eigenvalue weighted by Gasteiger charge is -2.24. The van der Waals surface area contributed by atoms with E-state index in [1.807, 2.05) is 0 Å². The van der Waals surface area contributed by atoms with Gasteiger partial charge >= 0.3 is 0 Å². The molecular formula is C14H13NO4. The van der Waals surface area contributed by atoms with Gasteiger partial charge in [-0.3, -0.25) is 19.3 Å². The van der Waals surface area contributed by atoms with Crippen LogP contribution in [-0.4, -0.2) is 42.3 Å². The fraction of sp³-hybridized carbons (Fsp3) is 0.357. The Bertz CT molecular complexity index is 531. The quantitative estimate of drug-likeness (QED) is 0.740. The summed E-state index contributed by atoms with van der Waals surface area (Å²) in [6.45, 7) is 0.828. The van der Waals surface area contributed by atoms with Crippen LogP contribution in [-0.2, 0) is 9.53 Å². The number of carbonyl (C=O) groups is 3. The number of benzene rings is 1. The van der Waals surface area contributed by atoms with E-state index in [0.29, 0.717) is 24.2 Å². The topological polar surface area (TPSA) is 63.7 Å². The van der Waals surface area contributed by atoms with E-state index in [-0.39, 0.29) is 30.7 Å². The highest BCUT2D eigenvalue weighted by atomic mass is 16.5.